The highest BCUT2D eigenvalue weighted by Gasteiger charge is 2.34. The van der Waals surface area contributed by atoms with Crippen molar-refractivity contribution >= 4 is 30.1 Å². The van der Waals surface area contributed by atoms with Gasteiger partial charge >= 0.3 is 0 Å². The number of rotatable bonds is 6. The second-order valence-electron chi connectivity index (χ2n) is 14.4. The largest absolute Gasteiger partial charge is 0.243 e. The van der Waals surface area contributed by atoms with E-state index in [1.54, 1.807) is 91.1 Å². The Morgan fingerprint density at radius 3 is 1.21 bits per heavy atom. The van der Waals surface area contributed by atoms with Crippen LogP contribution >= 0.6 is 0 Å². The molecule has 3 aliphatic carbocycles. The first-order valence-electron chi connectivity index (χ1n) is 25.6. The summed E-state index contributed by atoms with van der Waals surface area (Å²) < 4.78 is 180. The molecule has 9 nitrogen and oxygen atoms in total. The normalized spacial score (nSPS) is 41.5. The van der Waals surface area contributed by atoms with E-state index in [1.165, 1.54) is 36.4 Å². The van der Waals surface area contributed by atoms with Gasteiger partial charge in [-0.15, -0.1) is 0 Å². The second-order valence-corrected chi connectivity index (χ2v) is 19.8. The Balaban J connectivity index is 0.000000153. The number of hydrogen-bond acceptors (Lipinski definition) is 6. The summed E-state index contributed by atoms with van der Waals surface area (Å²) in [6, 6.07) is 23.0. The minimum Gasteiger partial charge on any atom is -0.207 e. The van der Waals surface area contributed by atoms with Gasteiger partial charge in [0.2, 0.25) is 30.1 Å². The molecule has 3 aromatic carbocycles. The summed E-state index contributed by atoms with van der Waals surface area (Å²) >= 11 is 0. The van der Waals surface area contributed by atoms with Crippen LogP contribution in [-0.2, 0) is 30.1 Å². The van der Waals surface area contributed by atoms with Gasteiger partial charge in [0.25, 0.3) is 0 Å². The van der Waals surface area contributed by atoms with Crippen LogP contribution < -0.4 is 0 Å². The van der Waals surface area contributed by atoms with Crippen LogP contribution in [0.3, 0.4) is 0 Å². The fraction of sp³-hybridized carbons (Fsp3) is 0.467. The van der Waals surface area contributed by atoms with E-state index >= 15 is 0 Å². The Hall–Kier alpha value is -3.39. The van der Waals surface area contributed by atoms with Crippen molar-refractivity contribution in [3.05, 3.63) is 127 Å². The minimum absolute atomic E-state index is 0.0106. The molecule has 12 atom stereocenters. The van der Waals surface area contributed by atoms with Crippen LogP contribution in [0.1, 0.15) is 74.2 Å². The molecule has 0 radical (unpaired) electrons. The molecule has 3 aromatic rings. The summed E-state index contributed by atoms with van der Waals surface area (Å²) in [5.74, 6) is -3.74. The van der Waals surface area contributed by atoms with E-state index in [0.29, 0.717) is 45.0 Å². The molecular weight excluding hydrogens is 775 g/mol. The number of hydrogen-bond donors (Lipinski definition) is 0. The zero-order valence-corrected chi connectivity index (χ0v) is 33.8. The first-order valence-corrected chi connectivity index (χ1v) is 23.5. The van der Waals surface area contributed by atoms with Crippen molar-refractivity contribution in [2.24, 2.45) is 35.5 Å². The highest BCUT2D eigenvalue weighted by molar-refractivity contribution is 7.89. The van der Waals surface area contributed by atoms with E-state index in [1.807, 2.05) is 0 Å². The summed E-state index contributed by atoms with van der Waals surface area (Å²) in [7, 11) is -12.5. The van der Waals surface area contributed by atoms with Crippen LogP contribution in [0, 0.1) is 35.5 Å². The van der Waals surface area contributed by atoms with Crippen molar-refractivity contribution in [1.29, 1.82) is 0 Å². The molecule has 3 aliphatic heterocycles. The van der Waals surface area contributed by atoms with Crippen LogP contribution in [0.2, 0.25) is 0 Å². The lowest BCUT2D eigenvalue weighted by molar-refractivity contribution is 0.308. The molecule has 0 aromatic heterocycles. The van der Waals surface area contributed by atoms with Gasteiger partial charge < -0.3 is 0 Å². The van der Waals surface area contributed by atoms with Gasteiger partial charge in [0.1, 0.15) is 0 Å². The summed E-state index contributed by atoms with van der Waals surface area (Å²) in [6.45, 7) is -10.6. The molecule has 0 fully saturated rings. The van der Waals surface area contributed by atoms with Crippen molar-refractivity contribution in [2.75, 3.05) is 39.1 Å². The van der Waals surface area contributed by atoms with Crippen molar-refractivity contribution in [2.45, 2.75) is 72.4 Å². The molecule has 0 saturated carbocycles. The van der Waals surface area contributed by atoms with Gasteiger partial charge in [-0.05, 0) is 110 Å². The summed E-state index contributed by atoms with van der Waals surface area (Å²) in [4.78, 5) is -0.0613. The van der Waals surface area contributed by atoms with Crippen molar-refractivity contribution in [3.63, 3.8) is 0 Å². The molecule has 9 rings (SSSR count). The molecule has 0 amide bonds. The minimum atomic E-state index is -4.16. The maximum Gasteiger partial charge on any atom is 0.243 e. The third-order valence-corrected chi connectivity index (χ3v) is 15.0. The summed E-state index contributed by atoms with van der Waals surface area (Å²) in [5.41, 5.74) is 0. The van der Waals surface area contributed by atoms with Crippen LogP contribution in [0.15, 0.2) is 142 Å². The van der Waals surface area contributed by atoms with Gasteiger partial charge in [0.05, 0.1) is 14.7 Å². The molecule has 0 saturated heterocycles. The molecule has 306 valence electrons. The van der Waals surface area contributed by atoms with Crippen LogP contribution in [0.5, 0.6) is 0 Å². The highest BCUT2D eigenvalue weighted by Crippen LogP contribution is 2.33. The molecule has 0 spiro atoms. The third kappa shape index (κ3) is 10.4. The van der Waals surface area contributed by atoms with Gasteiger partial charge in [0.15, 0.2) is 0 Å². The lowest BCUT2D eigenvalue weighted by Crippen LogP contribution is -2.38. The zero-order chi connectivity index (χ0) is 50.5. The summed E-state index contributed by atoms with van der Waals surface area (Å²) in [5, 5.41) is 0. The topological polar surface area (TPSA) is 112 Å². The Kier molecular flexibility index (Phi) is 9.48. The quantitative estimate of drug-likeness (QED) is 0.233. The lowest BCUT2D eigenvalue weighted by atomic mass is 10.00. The first kappa shape index (κ1) is 28.9. The first-order chi connectivity index (χ1) is 32.3. The Morgan fingerprint density at radius 1 is 0.404 bits per heavy atom. The van der Waals surface area contributed by atoms with Crippen LogP contribution in [0.4, 0.5) is 0 Å². The van der Waals surface area contributed by atoms with Gasteiger partial charge in [-0.25, -0.2) is 25.3 Å². The van der Waals surface area contributed by atoms with Crippen LogP contribution in [0.25, 0.3) is 0 Å². The smallest absolute Gasteiger partial charge is 0.207 e. The van der Waals surface area contributed by atoms with Crippen LogP contribution in [-0.4, -0.2) is 77.2 Å². The molecule has 6 aliphatic rings. The Morgan fingerprint density at radius 2 is 0.719 bits per heavy atom. The van der Waals surface area contributed by atoms with Gasteiger partial charge in [-0.2, -0.15) is 12.9 Å². The van der Waals surface area contributed by atoms with E-state index in [9.17, 15) is 25.3 Å². The van der Waals surface area contributed by atoms with E-state index in [4.69, 9.17) is 16.4 Å². The molecule has 6 bridgehead atoms. The SMILES string of the molecule is [2H]C1CC2C=CC(C1)C([2H])([2H])N(S(=O)(=O)c1ccccc1)C2[2H].[2H]C1CCC2C=CC1C([2H])([2H])N(S(=O)(=O)c1ccccc1)C2[2H].[2H]C1CCC2C=CC1C([2H])N(S(=O)(=O)c1ccccc1)C2([2H])[2H]. The number of nitrogens with zero attached hydrogens (tertiary/aromatic N) is 3. The van der Waals surface area contributed by atoms with Crippen molar-refractivity contribution in [1.82, 2.24) is 12.9 Å². The maximum atomic E-state index is 13.0. The molecule has 57 heavy (non-hydrogen) atoms. The molecule has 12 heteroatoms. The average molecular weight is 844 g/mol. The summed E-state index contributed by atoms with van der Waals surface area (Å²) in [6.07, 6.45) is 10.7. The molecule has 12 unspecified atom stereocenters. The Bertz CT molecular complexity index is 2640. The van der Waals surface area contributed by atoms with Gasteiger partial charge in [0, 0.05) is 55.5 Å². The standard InChI is InChI=1S/3C15H19NO2S/c3*17-19(18,15-7-2-1-3-8-15)16-11-13-5-4-6-14(12-16)10-9-13/h3*1-3,7-10,13-14H,4-6,11-12H2/i5D,11D2,12D;5D,11D,12D2;4D,11D,12D2. The van der Waals surface area contributed by atoms with Gasteiger partial charge in [-0.3, -0.25) is 0 Å². The molecular formula is C45H57N3O6S3. The third-order valence-electron chi connectivity index (χ3n) is 10.1. The van der Waals surface area contributed by atoms with Crippen molar-refractivity contribution < 1.29 is 41.7 Å². The van der Waals surface area contributed by atoms with E-state index in [2.05, 4.69) is 0 Å². The number of sulfonamides is 3. The van der Waals surface area contributed by atoms with Gasteiger partial charge in [-0.1, -0.05) is 110 Å². The van der Waals surface area contributed by atoms with Crippen molar-refractivity contribution in [3.8, 4) is 0 Å². The molecule has 0 N–H and O–H groups in total. The maximum absolute atomic E-state index is 13.0. The lowest BCUT2D eigenvalue weighted by Gasteiger charge is -2.28. The number of fused-ring (bicyclic) bond motifs is 6. The predicted octanol–water partition coefficient (Wildman–Crippen LogP) is 7.99. The fourth-order valence-corrected chi connectivity index (χ4v) is 11.0. The Labute approximate surface area is 358 Å². The second kappa shape index (κ2) is 18.7. The van der Waals surface area contributed by atoms with E-state index < -0.39 is 124 Å². The predicted molar refractivity (Wildman–Crippen MR) is 226 cm³/mol. The average Bonchev–Trinajstić information content (AvgIpc) is 3.82. The molecule has 3 heterocycles. The highest BCUT2D eigenvalue weighted by atomic mass is 32.2. The van der Waals surface area contributed by atoms with E-state index in [0.717, 1.165) is 0 Å². The number of benzene rings is 3. The zero-order valence-electron chi connectivity index (χ0n) is 43.3. The monoisotopic (exact) mass is 843 g/mol. The van der Waals surface area contributed by atoms with E-state index in [-0.39, 0.29) is 21.1 Å². The fourth-order valence-electron chi connectivity index (χ4n) is 7.03.